The molecule has 0 aliphatic carbocycles. The number of piperidine rings is 1. The fourth-order valence-electron chi connectivity index (χ4n) is 3.75. The van der Waals surface area contributed by atoms with Gasteiger partial charge in [-0.2, -0.15) is 0 Å². The Morgan fingerprint density at radius 2 is 2.00 bits per heavy atom. The van der Waals surface area contributed by atoms with Crippen LogP contribution >= 0.6 is 30.1 Å². The van der Waals surface area contributed by atoms with E-state index in [1.807, 2.05) is 62.9 Å². The molecule has 3 rings (SSSR count). The largest absolute Gasteiger partial charge is 0.444 e. The Balaban J connectivity index is 2.04. The summed E-state index contributed by atoms with van der Waals surface area (Å²) in [6.45, 7) is 7.71. The lowest BCUT2D eigenvalue weighted by atomic mass is 9.90. The molecular weight excluding hydrogens is 509 g/mol. The Kier molecular flexibility index (Phi) is 7.64. The van der Waals surface area contributed by atoms with E-state index in [1.54, 1.807) is 6.20 Å². The van der Waals surface area contributed by atoms with Crippen molar-refractivity contribution in [3.05, 3.63) is 59.2 Å². The van der Waals surface area contributed by atoms with Crippen LogP contribution in [0.3, 0.4) is 0 Å². The lowest BCUT2D eigenvalue weighted by molar-refractivity contribution is -0.00804. The SMILES string of the molecule is Cc1cccnc1C1CCCC(c2cccc(C#CSI)n2)N1C(=O)OC(C)(C)C. The van der Waals surface area contributed by atoms with E-state index in [4.69, 9.17) is 9.72 Å². The molecule has 0 spiro atoms. The van der Waals surface area contributed by atoms with Gasteiger partial charge in [-0.05, 0) is 90.8 Å². The van der Waals surface area contributed by atoms with Gasteiger partial charge in [0.25, 0.3) is 0 Å². The van der Waals surface area contributed by atoms with Gasteiger partial charge in [-0.1, -0.05) is 12.1 Å². The topological polar surface area (TPSA) is 55.3 Å². The first-order valence-corrected chi connectivity index (χ1v) is 13.3. The van der Waals surface area contributed by atoms with Crippen molar-refractivity contribution in [3.8, 4) is 11.2 Å². The van der Waals surface area contributed by atoms with Gasteiger partial charge in [0.05, 0.1) is 23.5 Å². The van der Waals surface area contributed by atoms with Crippen LogP contribution in [0.15, 0.2) is 36.5 Å². The fourth-order valence-corrected chi connectivity index (χ4v) is 4.23. The van der Waals surface area contributed by atoms with E-state index in [9.17, 15) is 4.79 Å². The molecule has 2 unspecified atom stereocenters. The summed E-state index contributed by atoms with van der Waals surface area (Å²) in [4.78, 5) is 24.6. The lowest BCUT2D eigenvalue weighted by Crippen LogP contribution is -2.44. The molecule has 30 heavy (non-hydrogen) atoms. The van der Waals surface area contributed by atoms with E-state index in [0.717, 1.165) is 36.2 Å². The third-order valence-electron chi connectivity index (χ3n) is 4.93. The van der Waals surface area contributed by atoms with E-state index in [-0.39, 0.29) is 18.2 Å². The van der Waals surface area contributed by atoms with Crippen molar-refractivity contribution in [1.29, 1.82) is 0 Å². The monoisotopic (exact) mass is 535 g/mol. The van der Waals surface area contributed by atoms with Crippen LogP contribution in [-0.4, -0.2) is 26.6 Å². The van der Waals surface area contributed by atoms with Gasteiger partial charge in [-0.3, -0.25) is 9.88 Å². The van der Waals surface area contributed by atoms with Crippen LogP contribution in [0.2, 0.25) is 0 Å². The second-order valence-corrected chi connectivity index (χ2v) is 9.99. The minimum Gasteiger partial charge on any atom is -0.444 e. The van der Waals surface area contributed by atoms with Gasteiger partial charge >= 0.3 is 6.09 Å². The van der Waals surface area contributed by atoms with Crippen LogP contribution < -0.4 is 0 Å². The van der Waals surface area contributed by atoms with Gasteiger partial charge in [-0.15, -0.1) is 0 Å². The molecule has 2 atom stereocenters. The minimum atomic E-state index is -0.582. The Morgan fingerprint density at radius 1 is 1.23 bits per heavy atom. The van der Waals surface area contributed by atoms with Gasteiger partial charge in [0.15, 0.2) is 0 Å². The minimum absolute atomic E-state index is 0.152. The number of aryl methyl sites for hydroxylation is 1. The number of aromatic nitrogens is 2. The van der Waals surface area contributed by atoms with Crippen molar-refractivity contribution in [2.75, 3.05) is 0 Å². The van der Waals surface area contributed by atoms with E-state index >= 15 is 0 Å². The van der Waals surface area contributed by atoms with Crippen LogP contribution in [0.25, 0.3) is 0 Å². The van der Waals surface area contributed by atoms with Crippen LogP contribution in [0, 0.1) is 18.1 Å². The molecule has 158 valence electrons. The number of amides is 1. The number of hydrogen-bond donors (Lipinski definition) is 0. The summed E-state index contributed by atoms with van der Waals surface area (Å²) in [5.41, 5.74) is 2.95. The maximum absolute atomic E-state index is 13.4. The molecule has 0 saturated carbocycles. The predicted molar refractivity (Wildman–Crippen MR) is 129 cm³/mol. The van der Waals surface area contributed by atoms with Crippen molar-refractivity contribution in [1.82, 2.24) is 14.9 Å². The summed E-state index contributed by atoms with van der Waals surface area (Å²) in [7, 11) is 1.43. The maximum Gasteiger partial charge on any atom is 0.411 e. The van der Waals surface area contributed by atoms with E-state index in [2.05, 4.69) is 37.4 Å². The number of likely N-dealkylation sites (tertiary alicyclic amines) is 1. The van der Waals surface area contributed by atoms with E-state index in [0.29, 0.717) is 5.69 Å². The normalized spacial score (nSPS) is 19.0. The average molecular weight is 535 g/mol. The summed E-state index contributed by atoms with van der Waals surface area (Å²) in [6, 6.07) is 9.44. The molecular formula is C23H26IN3O2S. The van der Waals surface area contributed by atoms with Gasteiger partial charge in [0.2, 0.25) is 0 Å². The molecule has 1 fully saturated rings. The molecule has 2 aromatic rings. The Bertz CT molecular complexity index is 965. The van der Waals surface area contributed by atoms with Crippen molar-refractivity contribution >= 4 is 36.2 Å². The van der Waals surface area contributed by atoms with Crippen LogP contribution in [0.5, 0.6) is 0 Å². The zero-order valence-corrected chi connectivity index (χ0v) is 20.7. The van der Waals surface area contributed by atoms with Crippen molar-refractivity contribution in [2.45, 2.75) is 64.6 Å². The smallest absolute Gasteiger partial charge is 0.411 e. The maximum atomic E-state index is 13.4. The number of halogens is 1. The molecule has 1 aliphatic heterocycles. The predicted octanol–water partition coefficient (Wildman–Crippen LogP) is 6.38. The molecule has 1 aliphatic rings. The third kappa shape index (κ3) is 5.67. The average Bonchev–Trinajstić information content (AvgIpc) is 2.71. The highest BCUT2D eigenvalue weighted by Crippen LogP contribution is 2.42. The number of carbonyl (C=O) groups excluding carboxylic acids is 1. The first-order valence-electron chi connectivity index (χ1n) is 9.98. The zero-order chi connectivity index (χ0) is 21.7. The highest BCUT2D eigenvalue weighted by Gasteiger charge is 2.40. The second kappa shape index (κ2) is 10.0. The lowest BCUT2D eigenvalue weighted by Gasteiger charge is -2.42. The summed E-state index contributed by atoms with van der Waals surface area (Å²) in [5, 5.41) is 2.98. The van der Waals surface area contributed by atoms with Gasteiger partial charge < -0.3 is 4.74 Å². The summed E-state index contributed by atoms with van der Waals surface area (Å²) in [6.07, 6.45) is 4.11. The molecule has 1 amide bonds. The highest BCUT2D eigenvalue weighted by atomic mass is 127. The van der Waals surface area contributed by atoms with E-state index in [1.165, 1.54) is 8.93 Å². The zero-order valence-electron chi connectivity index (χ0n) is 17.7. The van der Waals surface area contributed by atoms with Crippen LogP contribution in [0.4, 0.5) is 4.79 Å². The molecule has 7 heteroatoms. The number of rotatable bonds is 2. The number of carbonyl (C=O) groups is 1. The molecule has 0 N–H and O–H groups in total. The molecule has 1 saturated heterocycles. The molecule has 0 bridgehead atoms. The van der Waals surface area contributed by atoms with E-state index < -0.39 is 5.60 Å². The molecule has 3 heterocycles. The van der Waals surface area contributed by atoms with Gasteiger partial charge in [0, 0.05) is 27.4 Å². The van der Waals surface area contributed by atoms with Gasteiger partial charge in [-0.25, -0.2) is 9.78 Å². The summed E-state index contributed by atoms with van der Waals surface area (Å²) >= 11 is 2.14. The summed E-state index contributed by atoms with van der Waals surface area (Å²) in [5.74, 6) is 3.06. The Hall–Kier alpha value is -1.79. The number of pyridine rings is 2. The standard InChI is InChI=1S/C23H26IN3O2S/c1-16-8-7-14-25-21(16)20-12-6-11-19(27(20)22(28)29-23(2,3)4)18-10-5-9-17(26-18)13-15-30-24/h5,7-10,14,19-20H,6,11-12H2,1-4H3. The van der Waals surface area contributed by atoms with Gasteiger partial charge in [0.1, 0.15) is 11.3 Å². The fraction of sp³-hybridized carbons (Fsp3) is 0.435. The first kappa shape index (κ1) is 22.9. The third-order valence-corrected chi connectivity index (χ3v) is 5.77. The van der Waals surface area contributed by atoms with Crippen LogP contribution in [0.1, 0.15) is 74.8 Å². The molecule has 2 aromatic heterocycles. The Labute approximate surface area is 195 Å². The Morgan fingerprint density at radius 3 is 2.70 bits per heavy atom. The van der Waals surface area contributed by atoms with Crippen molar-refractivity contribution < 1.29 is 9.53 Å². The highest BCUT2D eigenvalue weighted by molar-refractivity contribution is 14.2. The second-order valence-electron chi connectivity index (χ2n) is 8.31. The van der Waals surface area contributed by atoms with Crippen molar-refractivity contribution in [3.63, 3.8) is 0 Å². The summed E-state index contributed by atoms with van der Waals surface area (Å²) < 4.78 is 5.81. The number of hydrogen-bond acceptors (Lipinski definition) is 5. The molecule has 5 nitrogen and oxygen atoms in total. The number of nitrogens with zero attached hydrogens (tertiary/aromatic N) is 3. The number of ether oxygens (including phenoxy) is 1. The quantitative estimate of drug-likeness (QED) is 0.330. The molecule has 0 aromatic carbocycles. The first-order chi connectivity index (χ1) is 14.3. The molecule has 0 radical (unpaired) electrons. The van der Waals surface area contributed by atoms with Crippen LogP contribution in [-0.2, 0) is 4.74 Å². The van der Waals surface area contributed by atoms with Crippen molar-refractivity contribution in [2.24, 2.45) is 0 Å².